The summed E-state index contributed by atoms with van der Waals surface area (Å²) in [6.07, 6.45) is 0.926. The maximum absolute atomic E-state index is 12.5. The van der Waals surface area contributed by atoms with Crippen LogP contribution >= 0.6 is 0 Å². The Morgan fingerprint density at radius 3 is 2.63 bits per heavy atom. The Bertz CT molecular complexity index is 1020. The molecule has 2 aromatic rings. The van der Waals surface area contributed by atoms with Gasteiger partial charge in [-0.25, -0.2) is 8.42 Å². The van der Waals surface area contributed by atoms with Gasteiger partial charge in [-0.1, -0.05) is 17.7 Å². The average molecular weight is 433 g/mol. The largest absolute Gasteiger partial charge is 0.494 e. The highest BCUT2D eigenvalue weighted by molar-refractivity contribution is 7.89. The van der Waals surface area contributed by atoms with Crippen LogP contribution in [0.3, 0.4) is 0 Å². The van der Waals surface area contributed by atoms with Gasteiger partial charge in [0, 0.05) is 24.1 Å². The van der Waals surface area contributed by atoms with Crippen molar-refractivity contribution in [1.29, 1.82) is 0 Å². The molecule has 1 aliphatic rings. The van der Waals surface area contributed by atoms with Gasteiger partial charge in [-0.05, 0) is 52.0 Å². The number of rotatable bonds is 8. The molecule has 0 aromatic heterocycles. The fraction of sp³-hybridized carbons (Fsp3) is 0.409. The fourth-order valence-electron chi connectivity index (χ4n) is 3.32. The molecule has 2 aromatic carbocycles. The Morgan fingerprint density at radius 2 is 1.97 bits per heavy atom. The van der Waals surface area contributed by atoms with Crippen molar-refractivity contribution in [2.24, 2.45) is 0 Å². The molecule has 30 heavy (non-hydrogen) atoms. The van der Waals surface area contributed by atoms with Crippen molar-refractivity contribution in [2.75, 3.05) is 6.61 Å². The smallest absolute Gasteiger partial charge is 0.241 e. The first kappa shape index (κ1) is 22.1. The minimum Gasteiger partial charge on any atom is -0.494 e. The maximum atomic E-state index is 12.5. The zero-order valence-electron chi connectivity index (χ0n) is 17.7. The summed E-state index contributed by atoms with van der Waals surface area (Å²) in [6.45, 7) is 8.00. The lowest BCUT2D eigenvalue weighted by atomic mass is 10.1. The predicted molar refractivity (Wildman–Crippen MR) is 114 cm³/mol. The van der Waals surface area contributed by atoms with E-state index in [4.69, 9.17) is 9.47 Å². The van der Waals surface area contributed by atoms with Crippen LogP contribution in [-0.4, -0.2) is 33.1 Å². The van der Waals surface area contributed by atoms with E-state index in [1.165, 1.54) is 19.1 Å². The van der Waals surface area contributed by atoms with Gasteiger partial charge in [-0.15, -0.1) is 0 Å². The Labute approximate surface area is 177 Å². The normalized spacial score (nSPS) is 16.5. The van der Waals surface area contributed by atoms with E-state index in [9.17, 15) is 13.2 Å². The summed E-state index contributed by atoms with van der Waals surface area (Å²) in [7, 11) is -3.79. The minimum atomic E-state index is -3.79. The van der Waals surface area contributed by atoms with Crippen molar-refractivity contribution < 1.29 is 22.7 Å². The molecule has 162 valence electrons. The highest BCUT2D eigenvalue weighted by Crippen LogP contribution is 2.35. The van der Waals surface area contributed by atoms with Crippen molar-refractivity contribution in [1.82, 2.24) is 10.0 Å². The van der Waals surface area contributed by atoms with E-state index < -0.39 is 22.0 Å². The minimum absolute atomic E-state index is 0.107. The lowest BCUT2D eigenvalue weighted by molar-refractivity contribution is -0.122. The Kier molecular flexibility index (Phi) is 6.67. The highest BCUT2D eigenvalue weighted by Gasteiger charge is 2.24. The standard InChI is InChI=1S/C22H28N2O5S/c1-5-28-20-11-17-10-15(3)29-21(17)12-18(20)13-23-22(25)16(4)24-30(26,27)19-8-6-14(2)7-9-19/h6-9,11-12,15-16,24H,5,10,13H2,1-4H3,(H,23,25)/t15-,16+/m0/s1. The quantitative estimate of drug-likeness (QED) is 0.669. The molecule has 0 unspecified atom stereocenters. The summed E-state index contributed by atoms with van der Waals surface area (Å²) in [5.74, 6) is 1.06. The van der Waals surface area contributed by atoms with Gasteiger partial charge < -0.3 is 14.8 Å². The van der Waals surface area contributed by atoms with E-state index >= 15 is 0 Å². The first-order chi connectivity index (χ1) is 14.2. The molecule has 3 rings (SSSR count). The van der Waals surface area contributed by atoms with E-state index in [-0.39, 0.29) is 17.5 Å². The van der Waals surface area contributed by atoms with Gasteiger partial charge >= 0.3 is 0 Å². The zero-order valence-corrected chi connectivity index (χ0v) is 18.5. The number of carbonyl (C=O) groups is 1. The van der Waals surface area contributed by atoms with E-state index in [1.807, 2.05) is 32.9 Å². The number of hydrogen-bond acceptors (Lipinski definition) is 5. The molecular formula is C22H28N2O5S. The molecule has 0 spiro atoms. The van der Waals surface area contributed by atoms with Gasteiger partial charge in [0.05, 0.1) is 17.5 Å². The lowest BCUT2D eigenvalue weighted by Crippen LogP contribution is -2.44. The van der Waals surface area contributed by atoms with Gasteiger partial charge in [0.1, 0.15) is 17.6 Å². The molecule has 0 fully saturated rings. The Balaban J connectivity index is 1.66. The Morgan fingerprint density at radius 1 is 1.27 bits per heavy atom. The van der Waals surface area contributed by atoms with Crippen molar-refractivity contribution in [3.05, 3.63) is 53.1 Å². The van der Waals surface area contributed by atoms with Gasteiger partial charge in [-0.3, -0.25) is 4.79 Å². The highest BCUT2D eigenvalue weighted by atomic mass is 32.2. The topological polar surface area (TPSA) is 93.7 Å². The number of fused-ring (bicyclic) bond motifs is 1. The molecular weight excluding hydrogens is 404 g/mol. The number of amides is 1. The van der Waals surface area contributed by atoms with Crippen LogP contribution in [0.1, 0.15) is 37.5 Å². The number of hydrogen-bond donors (Lipinski definition) is 2. The summed E-state index contributed by atoms with van der Waals surface area (Å²) in [5, 5.41) is 2.78. The van der Waals surface area contributed by atoms with Crippen LogP contribution in [-0.2, 0) is 27.8 Å². The second kappa shape index (κ2) is 9.06. The van der Waals surface area contributed by atoms with Gasteiger partial charge in [0.15, 0.2) is 0 Å². The number of aryl methyl sites for hydroxylation is 1. The number of benzene rings is 2. The summed E-state index contributed by atoms with van der Waals surface area (Å²) < 4.78 is 38.9. The van der Waals surface area contributed by atoms with Crippen LogP contribution in [0.4, 0.5) is 0 Å². The monoisotopic (exact) mass is 432 g/mol. The number of sulfonamides is 1. The number of ether oxygens (including phenoxy) is 2. The zero-order chi connectivity index (χ0) is 21.9. The number of carbonyl (C=O) groups excluding carboxylic acids is 1. The van der Waals surface area contributed by atoms with Gasteiger partial charge in [0.25, 0.3) is 0 Å². The van der Waals surface area contributed by atoms with Crippen LogP contribution in [0.15, 0.2) is 41.3 Å². The fourth-order valence-corrected chi connectivity index (χ4v) is 4.52. The molecule has 0 bridgehead atoms. The van der Waals surface area contributed by atoms with E-state index in [1.54, 1.807) is 12.1 Å². The van der Waals surface area contributed by atoms with Crippen molar-refractivity contribution in [3.63, 3.8) is 0 Å². The van der Waals surface area contributed by atoms with E-state index in [2.05, 4.69) is 10.0 Å². The van der Waals surface area contributed by atoms with Crippen molar-refractivity contribution in [2.45, 2.75) is 57.7 Å². The Hall–Kier alpha value is -2.58. The van der Waals surface area contributed by atoms with Crippen LogP contribution in [0.25, 0.3) is 0 Å². The second-order valence-corrected chi connectivity index (χ2v) is 9.22. The maximum Gasteiger partial charge on any atom is 0.241 e. The molecule has 1 aliphatic heterocycles. The third kappa shape index (κ3) is 5.12. The summed E-state index contributed by atoms with van der Waals surface area (Å²) >= 11 is 0. The molecule has 0 saturated carbocycles. The molecule has 7 nitrogen and oxygen atoms in total. The second-order valence-electron chi connectivity index (χ2n) is 7.51. The average Bonchev–Trinajstić information content (AvgIpc) is 3.05. The molecule has 0 radical (unpaired) electrons. The molecule has 8 heteroatoms. The van der Waals surface area contributed by atoms with Crippen LogP contribution < -0.4 is 19.5 Å². The summed E-state index contributed by atoms with van der Waals surface area (Å²) in [6, 6.07) is 9.36. The van der Waals surface area contributed by atoms with Crippen LogP contribution in [0.2, 0.25) is 0 Å². The SMILES string of the molecule is CCOc1cc2c(cc1CNC(=O)[C@@H](C)NS(=O)(=O)c1ccc(C)cc1)O[C@@H](C)C2. The summed E-state index contributed by atoms with van der Waals surface area (Å²) in [5.41, 5.74) is 2.82. The molecule has 2 atom stereocenters. The number of nitrogens with one attached hydrogen (secondary N) is 2. The molecule has 1 amide bonds. The molecule has 2 N–H and O–H groups in total. The van der Waals surface area contributed by atoms with Crippen LogP contribution in [0.5, 0.6) is 11.5 Å². The summed E-state index contributed by atoms with van der Waals surface area (Å²) in [4.78, 5) is 12.6. The van der Waals surface area contributed by atoms with Crippen LogP contribution in [0, 0.1) is 6.92 Å². The first-order valence-corrected chi connectivity index (χ1v) is 11.5. The van der Waals surface area contributed by atoms with Crippen molar-refractivity contribution in [3.8, 4) is 11.5 Å². The molecule has 0 saturated heterocycles. The van der Waals surface area contributed by atoms with Crippen molar-refractivity contribution >= 4 is 15.9 Å². The first-order valence-electron chi connectivity index (χ1n) is 10.0. The van der Waals surface area contributed by atoms with Gasteiger partial charge in [0.2, 0.25) is 15.9 Å². The lowest BCUT2D eigenvalue weighted by Gasteiger charge is -2.16. The van der Waals surface area contributed by atoms with E-state index in [0.29, 0.717) is 12.4 Å². The third-order valence-corrected chi connectivity index (χ3v) is 6.45. The predicted octanol–water partition coefficient (Wildman–Crippen LogP) is 2.70. The molecule has 0 aliphatic carbocycles. The van der Waals surface area contributed by atoms with E-state index in [0.717, 1.165) is 28.9 Å². The third-order valence-electron chi connectivity index (χ3n) is 4.89. The van der Waals surface area contributed by atoms with Gasteiger partial charge in [-0.2, -0.15) is 4.72 Å². The molecule has 1 heterocycles.